The number of amides is 1. The summed E-state index contributed by atoms with van der Waals surface area (Å²) < 4.78 is 8.69. The molecule has 0 aliphatic rings. The number of rotatable bonds is 5. The molecule has 2 aromatic heterocycles. The lowest BCUT2D eigenvalue weighted by Gasteiger charge is -2.04. The first kappa shape index (κ1) is 19.8. The summed E-state index contributed by atoms with van der Waals surface area (Å²) in [5, 5.41) is 0. The highest BCUT2D eigenvalue weighted by molar-refractivity contribution is 7.98. The number of benzene rings is 2. The van der Waals surface area contributed by atoms with Gasteiger partial charge in [0.25, 0.3) is 5.91 Å². The molecule has 0 aliphatic heterocycles. The SMILES string of the molecule is COC(=O)c1ccc2c(c1)sc(=NC(=O)c1ccc3ncsc3c1)n2CCSC. The van der Waals surface area contributed by atoms with Crippen molar-refractivity contribution >= 4 is 66.7 Å². The summed E-state index contributed by atoms with van der Waals surface area (Å²) >= 11 is 4.61. The van der Waals surface area contributed by atoms with Crippen LogP contribution in [0.25, 0.3) is 20.4 Å². The summed E-state index contributed by atoms with van der Waals surface area (Å²) in [7, 11) is 1.36. The minimum Gasteiger partial charge on any atom is -0.465 e. The van der Waals surface area contributed by atoms with Gasteiger partial charge in [-0.1, -0.05) is 11.3 Å². The average Bonchev–Trinajstić information content (AvgIpc) is 3.34. The van der Waals surface area contributed by atoms with Crippen molar-refractivity contribution < 1.29 is 14.3 Å². The van der Waals surface area contributed by atoms with Crippen LogP contribution in [0, 0.1) is 0 Å². The van der Waals surface area contributed by atoms with E-state index in [2.05, 4.69) is 9.98 Å². The molecule has 0 spiro atoms. The second-order valence-electron chi connectivity index (χ2n) is 6.15. The summed E-state index contributed by atoms with van der Waals surface area (Å²) in [6.45, 7) is 0.721. The van der Waals surface area contributed by atoms with Gasteiger partial charge >= 0.3 is 5.97 Å². The number of fused-ring (bicyclic) bond motifs is 2. The minimum absolute atomic E-state index is 0.294. The van der Waals surface area contributed by atoms with Crippen LogP contribution in [0.3, 0.4) is 0 Å². The third kappa shape index (κ3) is 3.98. The van der Waals surface area contributed by atoms with Gasteiger partial charge in [-0.25, -0.2) is 9.78 Å². The first-order valence-corrected chi connectivity index (χ1v) is 11.8. The van der Waals surface area contributed by atoms with E-state index in [1.165, 1.54) is 29.8 Å². The molecule has 0 saturated carbocycles. The highest BCUT2D eigenvalue weighted by atomic mass is 32.2. The number of esters is 1. The van der Waals surface area contributed by atoms with Crippen molar-refractivity contribution in [2.24, 2.45) is 4.99 Å². The largest absolute Gasteiger partial charge is 0.465 e. The number of hydrogen-bond acceptors (Lipinski definition) is 7. The molecule has 29 heavy (non-hydrogen) atoms. The zero-order valence-corrected chi connectivity index (χ0v) is 18.2. The Morgan fingerprint density at radius 1 is 1.17 bits per heavy atom. The molecule has 4 aromatic rings. The van der Waals surface area contributed by atoms with E-state index < -0.39 is 0 Å². The molecule has 0 N–H and O–H groups in total. The molecule has 2 aromatic carbocycles. The Morgan fingerprint density at radius 2 is 1.97 bits per heavy atom. The highest BCUT2D eigenvalue weighted by Crippen LogP contribution is 2.22. The van der Waals surface area contributed by atoms with Crippen LogP contribution in [-0.2, 0) is 11.3 Å². The Bertz CT molecular complexity index is 1290. The molecule has 0 aliphatic carbocycles. The lowest BCUT2D eigenvalue weighted by Crippen LogP contribution is -2.18. The first-order valence-electron chi connectivity index (χ1n) is 8.73. The van der Waals surface area contributed by atoms with Crippen LogP contribution in [0.4, 0.5) is 0 Å². The standard InChI is InChI=1S/C20H17N3O3S3/c1-26-19(25)13-4-6-15-17(10-13)29-20(23(15)7-8-27-2)22-18(24)12-3-5-14-16(9-12)28-11-21-14/h3-6,9-11H,7-8H2,1-2H3. The van der Waals surface area contributed by atoms with E-state index in [0.29, 0.717) is 15.9 Å². The molecule has 2 heterocycles. The molecule has 0 saturated heterocycles. The molecule has 1 amide bonds. The Balaban J connectivity index is 1.81. The van der Waals surface area contributed by atoms with E-state index in [4.69, 9.17) is 4.74 Å². The number of ether oxygens (including phenoxy) is 1. The highest BCUT2D eigenvalue weighted by Gasteiger charge is 2.13. The van der Waals surface area contributed by atoms with Gasteiger partial charge in [0.2, 0.25) is 0 Å². The Morgan fingerprint density at radius 3 is 2.76 bits per heavy atom. The number of thioether (sulfide) groups is 1. The number of nitrogens with zero attached hydrogens (tertiary/aromatic N) is 3. The maximum atomic E-state index is 12.8. The molecule has 0 bridgehead atoms. The van der Waals surface area contributed by atoms with E-state index in [1.807, 2.05) is 29.0 Å². The van der Waals surface area contributed by atoms with Gasteiger partial charge in [-0.15, -0.1) is 11.3 Å². The summed E-state index contributed by atoms with van der Waals surface area (Å²) in [5.74, 6) is 0.208. The van der Waals surface area contributed by atoms with Gasteiger partial charge in [0.05, 0.1) is 38.6 Å². The molecule has 9 heteroatoms. The molecular formula is C20H17N3O3S3. The topological polar surface area (TPSA) is 73.6 Å². The number of aromatic nitrogens is 2. The Labute approximate surface area is 178 Å². The van der Waals surface area contributed by atoms with Crippen LogP contribution >= 0.6 is 34.4 Å². The third-order valence-electron chi connectivity index (χ3n) is 4.40. The lowest BCUT2D eigenvalue weighted by atomic mass is 10.2. The van der Waals surface area contributed by atoms with E-state index in [-0.39, 0.29) is 11.9 Å². The van der Waals surface area contributed by atoms with Gasteiger partial charge in [-0.05, 0) is 42.7 Å². The number of thiazole rings is 2. The van der Waals surface area contributed by atoms with Crippen LogP contribution in [0.5, 0.6) is 0 Å². The van der Waals surface area contributed by atoms with Crippen LogP contribution < -0.4 is 4.80 Å². The predicted octanol–water partition coefficient (Wildman–Crippen LogP) is 4.20. The molecule has 6 nitrogen and oxygen atoms in total. The Kier molecular flexibility index (Phi) is 5.79. The second-order valence-corrected chi connectivity index (χ2v) is 9.04. The van der Waals surface area contributed by atoms with E-state index in [1.54, 1.807) is 35.5 Å². The van der Waals surface area contributed by atoms with Gasteiger partial charge in [0, 0.05) is 17.9 Å². The fourth-order valence-electron chi connectivity index (χ4n) is 2.94. The number of aryl methyl sites for hydroxylation is 1. The summed E-state index contributed by atoms with van der Waals surface area (Å²) in [6.07, 6.45) is 2.04. The third-order valence-corrected chi connectivity index (χ3v) is 6.82. The quantitative estimate of drug-likeness (QED) is 0.432. The van der Waals surface area contributed by atoms with Crippen molar-refractivity contribution in [3.8, 4) is 0 Å². The lowest BCUT2D eigenvalue weighted by molar-refractivity contribution is 0.0601. The number of hydrogen-bond donors (Lipinski definition) is 0. The van der Waals surface area contributed by atoms with Crippen LogP contribution in [0.2, 0.25) is 0 Å². The van der Waals surface area contributed by atoms with Crippen molar-refractivity contribution in [1.29, 1.82) is 0 Å². The summed E-state index contributed by atoms with van der Waals surface area (Å²) in [5.41, 5.74) is 4.59. The fraction of sp³-hybridized carbons (Fsp3) is 0.200. The maximum Gasteiger partial charge on any atom is 0.337 e. The van der Waals surface area contributed by atoms with E-state index >= 15 is 0 Å². The molecule has 0 radical (unpaired) electrons. The van der Waals surface area contributed by atoms with Crippen molar-refractivity contribution in [3.63, 3.8) is 0 Å². The van der Waals surface area contributed by atoms with Crippen LogP contribution in [-0.4, -0.2) is 40.5 Å². The number of carbonyl (C=O) groups excluding carboxylic acids is 2. The van der Waals surface area contributed by atoms with Gasteiger partial charge in [-0.3, -0.25) is 4.79 Å². The summed E-state index contributed by atoms with van der Waals surface area (Å²) in [4.78, 5) is 34.0. The zero-order valence-electron chi connectivity index (χ0n) is 15.7. The summed E-state index contributed by atoms with van der Waals surface area (Å²) in [6, 6.07) is 10.8. The number of carbonyl (C=O) groups is 2. The molecule has 0 unspecified atom stereocenters. The predicted molar refractivity (Wildman–Crippen MR) is 119 cm³/mol. The normalized spacial score (nSPS) is 12.0. The smallest absolute Gasteiger partial charge is 0.337 e. The minimum atomic E-state index is -0.386. The van der Waals surface area contributed by atoms with Gasteiger partial charge in [0.1, 0.15) is 0 Å². The van der Waals surface area contributed by atoms with Crippen LogP contribution in [0.15, 0.2) is 46.9 Å². The molecule has 0 atom stereocenters. The fourth-order valence-corrected chi connectivity index (χ4v) is 5.12. The van der Waals surface area contributed by atoms with Gasteiger partial charge < -0.3 is 9.30 Å². The monoisotopic (exact) mass is 443 g/mol. The average molecular weight is 444 g/mol. The zero-order chi connectivity index (χ0) is 20.4. The van der Waals surface area contributed by atoms with Crippen LogP contribution in [0.1, 0.15) is 20.7 Å². The van der Waals surface area contributed by atoms with Gasteiger partial charge in [-0.2, -0.15) is 16.8 Å². The van der Waals surface area contributed by atoms with Crippen molar-refractivity contribution in [2.45, 2.75) is 6.54 Å². The second kappa shape index (κ2) is 8.48. The van der Waals surface area contributed by atoms with Crippen molar-refractivity contribution in [2.75, 3.05) is 19.1 Å². The van der Waals surface area contributed by atoms with Gasteiger partial charge in [0.15, 0.2) is 4.80 Å². The Hall–Kier alpha value is -2.49. The molecular weight excluding hydrogens is 426 g/mol. The number of methoxy groups -OCH3 is 1. The molecule has 0 fully saturated rings. The van der Waals surface area contributed by atoms with E-state index in [9.17, 15) is 9.59 Å². The maximum absolute atomic E-state index is 12.8. The first-order chi connectivity index (χ1) is 14.1. The molecule has 148 valence electrons. The van der Waals surface area contributed by atoms with Crippen molar-refractivity contribution in [3.05, 3.63) is 57.8 Å². The molecule has 4 rings (SSSR count). The van der Waals surface area contributed by atoms with E-state index in [0.717, 1.165) is 32.7 Å². The van der Waals surface area contributed by atoms with Crippen molar-refractivity contribution in [1.82, 2.24) is 9.55 Å².